The van der Waals surface area contributed by atoms with Crippen molar-refractivity contribution in [1.82, 2.24) is 0 Å². The van der Waals surface area contributed by atoms with E-state index >= 15 is 0 Å². The first kappa shape index (κ1) is 20.6. The lowest BCUT2D eigenvalue weighted by atomic mass is 9.98. The van der Waals surface area contributed by atoms with Gasteiger partial charge in [0.05, 0.1) is 17.6 Å². The van der Waals surface area contributed by atoms with Crippen LogP contribution in [-0.2, 0) is 13.5 Å². The second-order valence-electron chi connectivity index (χ2n) is 8.40. The van der Waals surface area contributed by atoms with E-state index in [1.165, 1.54) is 12.1 Å². The number of benzene rings is 2. The molecule has 2 aromatic rings. The minimum atomic E-state index is -4.09. The van der Waals surface area contributed by atoms with E-state index in [0.717, 1.165) is 0 Å². The third kappa shape index (κ3) is 3.75. The minimum absolute atomic E-state index is 0.0146. The molecule has 1 unspecified atom stereocenters. The Morgan fingerprint density at radius 1 is 1.30 bits per heavy atom. The minimum Gasteiger partial charge on any atom is -0.492 e. The van der Waals surface area contributed by atoms with Gasteiger partial charge in [-0.15, -0.1) is 0 Å². The average molecular weight is 431 g/mol. The Labute approximate surface area is 165 Å². The van der Waals surface area contributed by atoms with E-state index in [2.05, 4.69) is 33.9 Å². The third-order valence-corrected chi connectivity index (χ3v) is 11.4. The maximum atomic E-state index is 15.0. The predicted molar refractivity (Wildman–Crippen MR) is 108 cm³/mol. The molecule has 27 heavy (non-hydrogen) atoms. The first-order valence-corrected chi connectivity index (χ1v) is 14.0. The molecule has 0 aliphatic carbocycles. The van der Waals surface area contributed by atoms with Crippen molar-refractivity contribution in [3.63, 3.8) is 0 Å². The van der Waals surface area contributed by atoms with E-state index in [9.17, 15) is 12.8 Å². The molecule has 1 heterocycles. The van der Waals surface area contributed by atoms with Gasteiger partial charge in [0.15, 0.2) is 8.32 Å². The van der Waals surface area contributed by atoms with Crippen LogP contribution in [0.4, 0.5) is 4.39 Å². The van der Waals surface area contributed by atoms with Crippen molar-refractivity contribution in [3.8, 4) is 5.75 Å². The Hall–Kier alpha value is -1.15. The second-order valence-corrected chi connectivity index (χ2v) is 15.7. The number of rotatable bonds is 3. The standard InChI is InChI=1S/C19H24ClFO4SSi/c1-19(2,3)27(4,5)25-15-9-10-24-18-12-7-6-8-16(26(20,22)23)17(12)14(21)11-13(15)18/h6-8,11,15H,9-10H2,1-5H3. The van der Waals surface area contributed by atoms with Crippen LogP contribution in [0.2, 0.25) is 18.1 Å². The van der Waals surface area contributed by atoms with Gasteiger partial charge < -0.3 is 9.16 Å². The average Bonchev–Trinajstić information content (AvgIpc) is 2.53. The highest BCUT2D eigenvalue weighted by molar-refractivity contribution is 8.14. The third-order valence-electron chi connectivity index (χ3n) is 5.53. The van der Waals surface area contributed by atoms with Crippen molar-refractivity contribution in [2.24, 2.45) is 0 Å². The normalized spacial score (nSPS) is 18.3. The number of hydrogen-bond acceptors (Lipinski definition) is 4. The fraction of sp³-hybridized carbons (Fsp3) is 0.474. The molecule has 3 rings (SSSR count). The summed E-state index contributed by atoms with van der Waals surface area (Å²) in [5, 5.41) is 0.371. The number of halogens is 2. The Morgan fingerprint density at radius 2 is 1.96 bits per heavy atom. The molecule has 0 saturated heterocycles. The van der Waals surface area contributed by atoms with E-state index in [1.807, 2.05) is 0 Å². The summed E-state index contributed by atoms with van der Waals surface area (Å²) in [6, 6.07) is 5.82. The lowest BCUT2D eigenvalue weighted by Crippen LogP contribution is -2.42. The smallest absolute Gasteiger partial charge is 0.262 e. The highest BCUT2D eigenvalue weighted by atomic mass is 35.7. The fourth-order valence-corrected chi connectivity index (χ4v) is 5.47. The van der Waals surface area contributed by atoms with Crippen molar-refractivity contribution < 1.29 is 22.0 Å². The largest absolute Gasteiger partial charge is 0.492 e. The molecule has 0 spiro atoms. The van der Waals surface area contributed by atoms with Crippen LogP contribution >= 0.6 is 10.7 Å². The van der Waals surface area contributed by atoms with E-state index in [4.69, 9.17) is 19.8 Å². The molecule has 4 nitrogen and oxygen atoms in total. The monoisotopic (exact) mass is 430 g/mol. The zero-order valence-corrected chi connectivity index (χ0v) is 18.7. The lowest BCUT2D eigenvalue weighted by molar-refractivity contribution is 0.123. The summed E-state index contributed by atoms with van der Waals surface area (Å²) in [6.45, 7) is 11.2. The van der Waals surface area contributed by atoms with Crippen molar-refractivity contribution in [3.05, 3.63) is 35.6 Å². The molecule has 148 valence electrons. The zero-order chi connectivity index (χ0) is 20.2. The van der Waals surface area contributed by atoms with Gasteiger partial charge in [-0.1, -0.05) is 32.9 Å². The van der Waals surface area contributed by atoms with Crippen molar-refractivity contribution in [2.45, 2.75) is 56.3 Å². The molecular weight excluding hydrogens is 407 g/mol. The first-order valence-electron chi connectivity index (χ1n) is 8.83. The van der Waals surface area contributed by atoms with Gasteiger partial charge in [0, 0.05) is 33.4 Å². The molecule has 0 radical (unpaired) electrons. The van der Waals surface area contributed by atoms with E-state index in [-0.39, 0.29) is 21.4 Å². The number of fused-ring (bicyclic) bond motifs is 3. The van der Waals surface area contributed by atoms with Gasteiger partial charge in [0.25, 0.3) is 9.05 Å². The Morgan fingerprint density at radius 3 is 2.56 bits per heavy atom. The Balaban J connectivity index is 2.19. The summed E-state index contributed by atoms with van der Waals surface area (Å²) in [5.74, 6) is -0.165. The molecule has 1 atom stereocenters. The van der Waals surface area contributed by atoms with E-state index in [0.29, 0.717) is 29.7 Å². The molecule has 0 fully saturated rings. The topological polar surface area (TPSA) is 52.6 Å². The van der Waals surface area contributed by atoms with E-state index < -0.39 is 23.2 Å². The van der Waals surface area contributed by atoms with Crippen molar-refractivity contribution >= 4 is 38.8 Å². The van der Waals surface area contributed by atoms with E-state index in [1.54, 1.807) is 12.1 Å². The molecule has 0 amide bonds. The molecule has 0 bridgehead atoms. The zero-order valence-electron chi connectivity index (χ0n) is 16.1. The number of hydrogen-bond donors (Lipinski definition) is 0. The van der Waals surface area contributed by atoms with Crippen LogP contribution in [0.1, 0.15) is 38.9 Å². The van der Waals surface area contributed by atoms with Gasteiger partial charge in [0.1, 0.15) is 11.6 Å². The van der Waals surface area contributed by atoms with Gasteiger partial charge in [-0.2, -0.15) is 0 Å². The maximum Gasteiger partial charge on any atom is 0.262 e. The first-order chi connectivity index (χ1) is 12.3. The predicted octanol–water partition coefficient (Wildman–Crippen LogP) is 5.75. The Bertz CT molecular complexity index is 999. The van der Waals surface area contributed by atoms with Crippen LogP contribution in [0.3, 0.4) is 0 Å². The Kier molecular flexibility index (Phi) is 5.12. The summed E-state index contributed by atoms with van der Waals surface area (Å²) in [6.07, 6.45) is 0.336. The molecule has 2 aromatic carbocycles. The molecule has 0 aromatic heterocycles. The lowest BCUT2D eigenvalue weighted by Gasteiger charge is -2.41. The van der Waals surface area contributed by atoms with Gasteiger partial charge >= 0.3 is 0 Å². The summed E-state index contributed by atoms with van der Waals surface area (Å²) in [4.78, 5) is -0.252. The van der Waals surface area contributed by atoms with Crippen LogP contribution < -0.4 is 4.74 Å². The van der Waals surface area contributed by atoms with Crippen molar-refractivity contribution in [1.29, 1.82) is 0 Å². The molecular formula is C19H24ClFO4SSi. The quantitative estimate of drug-likeness (QED) is 0.459. The maximum absolute atomic E-state index is 15.0. The highest BCUT2D eigenvalue weighted by Crippen LogP contribution is 2.46. The molecule has 1 aliphatic rings. The summed E-state index contributed by atoms with van der Waals surface area (Å²) in [7, 11) is -0.665. The second kappa shape index (κ2) is 6.72. The van der Waals surface area contributed by atoms with Crippen LogP contribution in [-0.4, -0.2) is 23.3 Å². The van der Waals surface area contributed by atoms with Gasteiger partial charge in [-0.3, -0.25) is 0 Å². The molecule has 0 N–H and O–H groups in total. The summed E-state index contributed by atoms with van der Waals surface area (Å²) in [5.41, 5.74) is 0.625. The van der Waals surface area contributed by atoms with Gasteiger partial charge in [-0.05, 0) is 30.3 Å². The SMILES string of the molecule is CC(C)(C)[Si](C)(C)OC1CCOc2c1cc(F)c1c(S(=O)(=O)Cl)cccc21. The molecule has 0 saturated carbocycles. The summed E-state index contributed by atoms with van der Waals surface area (Å²) < 4.78 is 51.1. The molecule has 1 aliphatic heterocycles. The number of ether oxygens (including phenoxy) is 1. The van der Waals surface area contributed by atoms with Crippen LogP contribution in [0.5, 0.6) is 5.75 Å². The van der Waals surface area contributed by atoms with Crippen molar-refractivity contribution in [2.75, 3.05) is 6.61 Å². The van der Waals surface area contributed by atoms with Gasteiger partial charge in [0.2, 0.25) is 0 Å². The summed E-state index contributed by atoms with van der Waals surface area (Å²) >= 11 is 0. The van der Waals surface area contributed by atoms with Gasteiger partial charge in [-0.25, -0.2) is 12.8 Å². The van der Waals surface area contributed by atoms with Crippen LogP contribution in [0, 0.1) is 5.82 Å². The van der Waals surface area contributed by atoms with Crippen LogP contribution in [0.25, 0.3) is 10.8 Å². The van der Waals surface area contributed by atoms with Crippen LogP contribution in [0.15, 0.2) is 29.2 Å². The molecule has 8 heteroatoms. The fourth-order valence-electron chi connectivity index (χ4n) is 3.08. The highest BCUT2D eigenvalue weighted by Gasteiger charge is 2.41.